The number of amides is 3. The summed E-state index contributed by atoms with van der Waals surface area (Å²) < 4.78 is 8.32. The second kappa shape index (κ2) is 10.3. The van der Waals surface area contributed by atoms with Crippen LogP contribution in [-0.4, -0.2) is 80.1 Å². The molecule has 1 aliphatic heterocycles. The van der Waals surface area contributed by atoms with Crippen molar-refractivity contribution in [3.05, 3.63) is 29.8 Å². The number of carbonyl (C=O) groups excluding carboxylic acids is 3. The van der Waals surface area contributed by atoms with Crippen molar-refractivity contribution >= 4 is 23.6 Å². The summed E-state index contributed by atoms with van der Waals surface area (Å²) in [6.07, 6.45) is 3.46. The van der Waals surface area contributed by atoms with Crippen LogP contribution in [0, 0.1) is 13.8 Å². The molecule has 1 saturated heterocycles. The van der Waals surface area contributed by atoms with Gasteiger partial charge in [0.05, 0.1) is 23.7 Å². The minimum atomic E-state index is -0.527. The highest BCUT2D eigenvalue weighted by molar-refractivity contribution is 5.91. The zero-order chi connectivity index (χ0) is 23.3. The molecule has 11 heteroatoms. The lowest BCUT2D eigenvalue weighted by atomic mass is 10.2. The normalized spacial score (nSPS) is 14.9. The van der Waals surface area contributed by atoms with E-state index in [9.17, 15) is 14.4 Å². The molecule has 32 heavy (non-hydrogen) atoms. The molecule has 3 amide bonds. The molecule has 2 aromatic rings. The topological polar surface area (TPSA) is 115 Å². The van der Waals surface area contributed by atoms with Crippen LogP contribution in [0.4, 0.5) is 10.5 Å². The van der Waals surface area contributed by atoms with Crippen LogP contribution in [-0.2, 0) is 20.9 Å². The minimum Gasteiger partial charge on any atom is -0.450 e. The standard InChI is InChI=1S/C21H31N7O4/c1-5-32-21(31)26-12-10-25(11-13-26)20(30)17(4)28-14-18(16(3)24-28)22-19(29)7-9-27-8-6-15(2)23-27/h6,8,14,17H,5,7,9-13H2,1-4H3,(H,22,29). The number of hydrogen-bond acceptors (Lipinski definition) is 6. The van der Waals surface area contributed by atoms with Gasteiger partial charge in [-0.3, -0.25) is 19.0 Å². The molecule has 0 aliphatic carbocycles. The van der Waals surface area contributed by atoms with Crippen LogP contribution in [0.15, 0.2) is 18.5 Å². The van der Waals surface area contributed by atoms with E-state index < -0.39 is 6.04 Å². The SMILES string of the molecule is CCOC(=O)N1CCN(C(=O)C(C)n2cc(NC(=O)CCn3ccc(C)n3)c(C)n2)CC1. The minimum absolute atomic E-state index is 0.0806. The molecule has 0 saturated carbocycles. The van der Waals surface area contributed by atoms with Crippen molar-refractivity contribution in [2.75, 3.05) is 38.1 Å². The summed E-state index contributed by atoms with van der Waals surface area (Å²) in [5, 5.41) is 11.6. The van der Waals surface area contributed by atoms with Gasteiger partial charge < -0.3 is 19.9 Å². The molecule has 174 valence electrons. The molecule has 1 unspecified atom stereocenters. The molecule has 0 aromatic carbocycles. The number of hydrogen-bond donors (Lipinski definition) is 1. The molecule has 0 spiro atoms. The lowest BCUT2D eigenvalue weighted by Crippen LogP contribution is -2.52. The van der Waals surface area contributed by atoms with Crippen LogP contribution >= 0.6 is 0 Å². The van der Waals surface area contributed by atoms with Gasteiger partial charge in [0.25, 0.3) is 0 Å². The first kappa shape index (κ1) is 23.3. The molecular formula is C21H31N7O4. The average molecular weight is 446 g/mol. The van der Waals surface area contributed by atoms with Crippen LogP contribution in [0.3, 0.4) is 0 Å². The maximum Gasteiger partial charge on any atom is 0.409 e. The highest BCUT2D eigenvalue weighted by Crippen LogP contribution is 2.19. The van der Waals surface area contributed by atoms with Crippen molar-refractivity contribution in [2.24, 2.45) is 0 Å². The second-order valence-electron chi connectivity index (χ2n) is 7.81. The molecule has 11 nitrogen and oxygen atoms in total. The first-order chi connectivity index (χ1) is 15.3. The number of nitrogens with one attached hydrogen (secondary N) is 1. The predicted molar refractivity (Wildman–Crippen MR) is 117 cm³/mol. The number of rotatable bonds is 7. The number of aromatic nitrogens is 4. The number of carbonyl (C=O) groups is 3. The van der Waals surface area contributed by atoms with Crippen molar-refractivity contribution in [2.45, 2.75) is 46.7 Å². The van der Waals surface area contributed by atoms with Gasteiger partial charge in [-0.05, 0) is 33.8 Å². The van der Waals surface area contributed by atoms with Crippen LogP contribution in [0.1, 0.15) is 37.7 Å². The van der Waals surface area contributed by atoms with E-state index in [1.807, 2.05) is 19.2 Å². The summed E-state index contributed by atoms with van der Waals surface area (Å²) in [5.74, 6) is -0.224. The highest BCUT2D eigenvalue weighted by atomic mass is 16.6. The molecule has 1 fully saturated rings. The van der Waals surface area contributed by atoms with Gasteiger partial charge in [-0.1, -0.05) is 0 Å². The summed E-state index contributed by atoms with van der Waals surface area (Å²) in [7, 11) is 0. The van der Waals surface area contributed by atoms with Gasteiger partial charge in [0, 0.05) is 51.5 Å². The molecule has 2 aromatic heterocycles. The fourth-order valence-electron chi connectivity index (χ4n) is 3.52. The zero-order valence-electron chi connectivity index (χ0n) is 19.1. The summed E-state index contributed by atoms with van der Waals surface area (Å²) in [4.78, 5) is 40.4. The van der Waals surface area contributed by atoms with Gasteiger partial charge in [-0.25, -0.2) is 4.79 Å². The molecule has 0 bridgehead atoms. The monoisotopic (exact) mass is 445 g/mol. The summed E-state index contributed by atoms with van der Waals surface area (Å²) in [6, 6.07) is 1.36. The third-order valence-corrected chi connectivity index (χ3v) is 5.40. The van der Waals surface area contributed by atoms with E-state index in [1.165, 1.54) is 0 Å². The quantitative estimate of drug-likeness (QED) is 0.692. The summed E-state index contributed by atoms with van der Waals surface area (Å²) in [5.41, 5.74) is 2.13. The molecule has 1 N–H and O–H groups in total. The second-order valence-corrected chi connectivity index (χ2v) is 7.81. The van der Waals surface area contributed by atoms with Crippen molar-refractivity contribution < 1.29 is 19.1 Å². The maximum atomic E-state index is 12.9. The van der Waals surface area contributed by atoms with Crippen molar-refractivity contribution in [3.8, 4) is 0 Å². The Labute approximate surface area is 187 Å². The van der Waals surface area contributed by atoms with Gasteiger partial charge in [0.15, 0.2) is 0 Å². The highest BCUT2D eigenvalue weighted by Gasteiger charge is 2.29. The molecule has 3 heterocycles. The van der Waals surface area contributed by atoms with Gasteiger partial charge in [0.1, 0.15) is 6.04 Å². The lowest BCUT2D eigenvalue weighted by molar-refractivity contribution is -0.136. The predicted octanol–water partition coefficient (Wildman–Crippen LogP) is 1.59. The Morgan fingerprint density at radius 2 is 1.81 bits per heavy atom. The van der Waals surface area contributed by atoms with E-state index in [4.69, 9.17) is 4.74 Å². The average Bonchev–Trinajstić information content (AvgIpc) is 3.36. The Hall–Kier alpha value is -3.37. The number of ether oxygens (including phenoxy) is 1. The van der Waals surface area contributed by atoms with E-state index in [-0.39, 0.29) is 24.3 Å². The van der Waals surface area contributed by atoms with Crippen LogP contribution in [0.25, 0.3) is 0 Å². The van der Waals surface area contributed by atoms with E-state index in [0.29, 0.717) is 50.7 Å². The number of piperazine rings is 1. The van der Waals surface area contributed by atoms with E-state index in [0.717, 1.165) is 5.69 Å². The van der Waals surface area contributed by atoms with Gasteiger partial charge in [-0.15, -0.1) is 0 Å². The Kier molecular flexibility index (Phi) is 7.49. The lowest BCUT2D eigenvalue weighted by Gasteiger charge is -2.35. The third-order valence-electron chi connectivity index (χ3n) is 5.40. The summed E-state index contributed by atoms with van der Waals surface area (Å²) in [6.45, 7) is 9.81. The molecule has 1 aliphatic rings. The largest absolute Gasteiger partial charge is 0.450 e. The van der Waals surface area contributed by atoms with Crippen molar-refractivity contribution in [3.63, 3.8) is 0 Å². The fraction of sp³-hybridized carbons (Fsp3) is 0.571. The van der Waals surface area contributed by atoms with Crippen molar-refractivity contribution in [1.82, 2.24) is 29.4 Å². The van der Waals surface area contributed by atoms with E-state index >= 15 is 0 Å². The number of nitrogens with zero attached hydrogens (tertiary/aromatic N) is 6. The first-order valence-electron chi connectivity index (χ1n) is 10.8. The molecule has 0 radical (unpaired) electrons. The van der Waals surface area contributed by atoms with Gasteiger partial charge in [-0.2, -0.15) is 10.2 Å². The van der Waals surface area contributed by atoms with Gasteiger partial charge >= 0.3 is 6.09 Å². The number of anilines is 1. The Morgan fingerprint density at radius 1 is 1.12 bits per heavy atom. The first-order valence-corrected chi connectivity index (χ1v) is 10.8. The smallest absolute Gasteiger partial charge is 0.409 e. The maximum absolute atomic E-state index is 12.9. The Morgan fingerprint density at radius 3 is 2.44 bits per heavy atom. The fourth-order valence-corrected chi connectivity index (χ4v) is 3.52. The van der Waals surface area contributed by atoms with Gasteiger partial charge in [0.2, 0.25) is 11.8 Å². The molecular weight excluding hydrogens is 414 g/mol. The number of aryl methyl sites for hydroxylation is 3. The van der Waals surface area contributed by atoms with Crippen LogP contribution < -0.4 is 5.32 Å². The van der Waals surface area contributed by atoms with Crippen LogP contribution in [0.5, 0.6) is 0 Å². The Balaban J connectivity index is 1.53. The summed E-state index contributed by atoms with van der Waals surface area (Å²) >= 11 is 0. The zero-order valence-corrected chi connectivity index (χ0v) is 19.1. The van der Waals surface area contributed by atoms with E-state index in [1.54, 1.807) is 46.1 Å². The molecule has 3 rings (SSSR count). The van der Waals surface area contributed by atoms with Crippen LogP contribution in [0.2, 0.25) is 0 Å². The Bertz CT molecular complexity index is 959. The van der Waals surface area contributed by atoms with Crippen molar-refractivity contribution in [1.29, 1.82) is 0 Å². The molecule has 1 atom stereocenters. The van der Waals surface area contributed by atoms with E-state index in [2.05, 4.69) is 15.5 Å². The third kappa shape index (κ3) is 5.65.